The molecule has 52 heavy (non-hydrogen) atoms. The topological polar surface area (TPSA) is 109 Å². The van der Waals surface area contributed by atoms with Gasteiger partial charge in [-0.2, -0.15) is 0 Å². The van der Waals surface area contributed by atoms with Crippen LogP contribution >= 0.6 is 23.1 Å². The number of hydrogen-bond donors (Lipinski definition) is 3. The van der Waals surface area contributed by atoms with Crippen LogP contribution < -0.4 is 20.7 Å². The molecule has 7 aromatic rings. The fourth-order valence-corrected chi connectivity index (χ4v) is 7.59. The van der Waals surface area contributed by atoms with Crippen molar-refractivity contribution in [3.8, 4) is 5.75 Å². The molecule has 256 valence electrons. The van der Waals surface area contributed by atoms with Crippen LogP contribution in [0.15, 0.2) is 156 Å². The van der Waals surface area contributed by atoms with Crippen LogP contribution in [0, 0.1) is 0 Å². The molecular weight excluding hydrogens is 689 g/mol. The van der Waals surface area contributed by atoms with Gasteiger partial charge in [0.25, 0.3) is 11.8 Å². The van der Waals surface area contributed by atoms with Crippen LogP contribution in [-0.4, -0.2) is 29.8 Å². The van der Waals surface area contributed by atoms with Gasteiger partial charge in [0.1, 0.15) is 16.7 Å². The molecule has 0 aliphatic carbocycles. The SMILES string of the molecule is COc1ccc2nc(NC(=O)C(Sc3cccc(NC(=O)/C(=C\c4cccc5ccccc45)NC(=O)c4ccccc4)c3)c3ccccc3)sc2c1. The van der Waals surface area contributed by atoms with Gasteiger partial charge in [-0.25, -0.2) is 4.98 Å². The molecule has 0 radical (unpaired) electrons. The Kier molecular flexibility index (Phi) is 10.4. The molecule has 1 unspecified atom stereocenters. The third kappa shape index (κ3) is 8.04. The first-order valence-electron chi connectivity index (χ1n) is 16.4. The molecule has 0 saturated carbocycles. The first-order chi connectivity index (χ1) is 25.4. The highest BCUT2D eigenvalue weighted by Gasteiger charge is 2.24. The molecule has 1 heterocycles. The minimum absolute atomic E-state index is 0.0817. The van der Waals surface area contributed by atoms with E-state index in [4.69, 9.17) is 4.74 Å². The maximum atomic E-state index is 13.9. The highest BCUT2D eigenvalue weighted by molar-refractivity contribution is 8.00. The number of ether oxygens (including phenoxy) is 1. The predicted molar refractivity (Wildman–Crippen MR) is 211 cm³/mol. The number of aromatic nitrogens is 1. The maximum absolute atomic E-state index is 13.9. The van der Waals surface area contributed by atoms with Gasteiger partial charge in [0.15, 0.2) is 5.13 Å². The van der Waals surface area contributed by atoms with E-state index in [-0.39, 0.29) is 11.6 Å². The number of fused-ring (bicyclic) bond motifs is 2. The van der Waals surface area contributed by atoms with Crippen molar-refractivity contribution >= 4 is 78.7 Å². The fraction of sp³-hybridized carbons (Fsp3) is 0.0476. The highest BCUT2D eigenvalue weighted by atomic mass is 32.2. The van der Waals surface area contributed by atoms with Gasteiger partial charge in [0, 0.05) is 16.1 Å². The molecule has 0 aliphatic rings. The zero-order chi connectivity index (χ0) is 35.9. The molecule has 0 fully saturated rings. The van der Waals surface area contributed by atoms with E-state index in [0.29, 0.717) is 22.1 Å². The summed E-state index contributed by atoms with van der Waals surface area (Å²) in [6, 6.07) is 44.8. The van der Waals surface area contributed by atoms with Crippen LogP contribution in [-0.2, 0) is 9.59 Å². The molecule has 3 N–H and O–H groups in total. The normalized spacial score (nSPS) is 11.9. The number of methoxy groups -OCH3 is 1. The minimum atomic E-state index is -0.624. The van der Waals surface area contributed by atoms with Gasteiger partial charge in [-0.05, 0) is 76.5 Å². The van der Waals surface area contributed by atoms with E-state index in [1.807, 2.05) is 115 Å². The molecule has 8 nitrogen and oxygen atoms in total. The molecule has 0 saturated heterocycles. The van der Waals surface area contributed by atoms with Crippen LogP contribution in [0.2, 0.25) is 0 Å². The highest BCUT2D eigenvalue weighted by Crippen LogP contribution is 2.38. The van der Waals surface area contributed by atoms with Crippen LogP contribution in [0.3, 0.4) is 0 Å². The Balaban J connectivity index is 1.14. The minimum Gasteiger partial charge on any atom is -0.497 e. The van der Waals surface area contributed by atoms with Crippen LogP contribution in [0.25, 0.3) is 27.1 Å². The number of thioether (sulfide) groups is 1. The summed E-state index contributed by atoms with van der Waals surface area (Å²) in [5.74, 6) is -0.422. The Bertz CT molecular complexity index is 2420. The Hall–Kier alpha value is -6.23. The first-order valence-corrected chi connectivity index (χ1v) is 18.1. The van der Waals surface area contributed by atoms with E-state index < -0.39 is 17.1 Å². The summed E-state index contributed by atoms with van der Waals surface area (Å²) in [4.78, 5) is 46.4. The Morgan fingerprint density at radius 3 is 2.31 bits per heavy atom. The number of nitrogens with zero attached hydrogens (tertiary/aromatic N) is 1. The van der Waals surface area contributed by atoms with Crippen molar-refractivity contribution in [3.63, 3.8) is 0 Å². The molecular formula is C42H32N4O4S2. The van der Waals surface area contributed by atoms with E-state index in [9.17, 15) is 14.4 Å². The van der Waals surface area contributed by atoms with Crippen LogP contribution in [0.5, 0.6) is 5.75 Å². The van der Waals surface area contributed by atoms with Crippen molar-refractivity contribution in [1.29, 1.82) is 0 Å². The van der Waals surface area contributed by atoms with Crippen molar-refractivity contribution < 1.29 is 19.1 Å². The molecule has 10 heteroatoms. The summed E-state index contributed by atoms with van der Waals surface area (Å²) in [6.45, 7) is 0. The Labute approximate surface area is 308 Å². The van der Waals surface area contributed by atoms with Crippen molar-refractivity contribution in [2.75, 3.05) is 17.7 Å². The van der Waals surface area contributed by atoms with Gasteiger partial charge in [0.2, 0.25) is 5.91 Å². The summed E-state index contributed by atoms with van der Waals surface area (Å²) >= 11 is 2.73. The molecule has 0 spiro atoms. The monoisotopic (exact) mass is 720 g/mol. The average Bonchev–Trinajstić information content (AvgIpc) is 3.59. The van der Waals surface area contributed by atoms with Gasteiger partial charge in [-0.1, -0.05) is 108 Å². The third-order valence-electron chi connectivity index (χ3n) is 8.16. The molecule has 1 atom stereocenters. The van der Waals surface area contributed by atoms with Crippen molar-refractivity contribution in [3.05, 3.63) is 168 Å². The standard InChI is InChI=1S/C42H32N4O4S2/c1-50-32-22-23-35-37(26-32)52-42(45-35)46-41(49)38(28-13-4-2-5-14-28)51-33-20-11-19-31(25-33)43-40(48)36(44-39(47)29-15-6-3-7-16-29)24-30-18-10-17-27-12-8-9-21-34(27)30/h2-26,38H,1H3,(H,43,48)(H,44,47)(H,45,46,49)/b36-24+. The van der Waals surface area contributed by atoms with Crippen LogP contribution in [0.4, 0.5) is 10.8 Å². The largest absolute Gasteiger partial charge is 0.497 e. The number of anilines is 2. The smallest absolute Gasteiger partial charge is 0.272 e. The van der Waals surface area contributed by atoms with E-state index in [0.717, 1.165) is 37.0 Å². The van der Waals surface area contributed by atoms with Gasteiger partial charge >= 0.3 is 0 Å². The quantitative estimate of drug-likeness (QED) is 0.0908. The van der Waals surface area contributed by atoms with Gasteiger partial charge in [-0.3, -0.25) is 14.4 Å². The summed E-state index contributed by atoms with van der Waals surface area (Å²) in [5, 5.41) is 10.6. The van der Waals surface area contributed by atoms with Crippen LogP contribution in [0.1, 0.15) is 26.7 Å². The van der Waals surface area contributed by atoms with Gasteiger partial charge in [0.05, 0.1) is 17.3 Å². The average molecular weight is 721 g/mol. The number of benzene rings is 6. The predicted octanol–water partition coefficient (Wildman–Crippen LogP) is 9.34. The molecule has 1 aromatic heterocycles. The van der Waals surface area contributed by atoms with Crippen molar-refractivity contribution in [2.45, 2.75) is 10.1 Å². The second-order valence-corrected chi connectivity index (χ2v) is 13.9. The summed E-state index contributed by atoms with van der Waals surface area (Å²) < 4.78 is 6.24. The lowest BCUT2D eigenvalue weighted by atomic mass is 10.0. The number of rotatable bonds is 11. The number of amides is 3. The number of carbonyl (C=O) groups is 3. The number of carbonyl (C=O) groups excluding carboxylic acids is 3. The lowest BCUT2D eigenvalue weighted by Gasteiger charge is -2.17. The van der Waals surface area contributed by atoms with Gasteiger partial charge < -0.3 is 20.7 Å². The van der Waals surface area contributed by atoms with Crippen molar-refractivity contribution in [2.24, 2.45) is 0 Å². The molecule has 6 aromatic carbocycles. The second-order valence-electron chi connectivity index (χ2n) is 11.7. The van der Waals surface area contributed by atoms with E-state index >= 15 is 0 Å². The second kappa shape index (κ2) is 15.8. The molecule has 0 bridgehead atoms. The Morgan fingerprint density at radius 1 is 0.769 bits per heavy atom. The number of nitrogens with one attached hydrogen (secondary N) is 3. The first kappa shape index (κ1) is 34.2. The lowest BCUT2D eigenvalue weighted by Crippen LogP contribution is -2.30. The number of hydrogen-bond acceptors (Lipinski definition) is 7. The maximum Gasteiger partial charge on any atom is 0.272 e. The molecule has 0 aliphatic heterocycles. The molecule has 3 amide bonds. The van der Waals surface area contributed by atoms with Crippen molar-refractivity contribution in [1.82, 2.24) is 10.3 Å². The lowest BCUT2D eigenvalue weighted by molar-refractivity contribution is -0.116. The summed E-state index contributed by atoms with van der Waals surface area (Å²) in [6.07, 6.45) is 1.69. The van der Waals surface area contributed by atoms with Gasteiger partial charge in [-0.15, -0.1) is 11.8 Å². The summed E-state index contributed by atoms with van der Waals surface area (Å²) in [5.41, 5.74) is 3.37. The fourth-order valence-electron chi connectivity index (χ4n) is 5.61. The zero-order valence-corrected chi connectivity index (χ0v) is 29.5. The number of thiazole rings is 1. The third-order valence-corrected chi connectivity index (χ3v) is 10.3. The Morgan fingerprint density at radius 2 is 1.50 bits per heavy atom. The van der Waals surface area contributed by atoms with E-state index in [1.54, 1.807) is 43.5 Å². The molecule has 7 rings (SSSR count). The van der Waals surface area contributed by atoms with E-state index in [1.165, 1.54) is 23.1 Å². The summed E-state index contributed by atoms with van der Waals surface area (Å²) in [7, 11) is 1.61. The zero-order valence-electron chi connectivity index (χ0n) is 27.9. The van der Waals surface area contributed by atoms with E-state index in [2.05, 4.69) is 20.9 Å².